The van der Waals surface area contributed by atoms with Gasteiger partial charge in [-0.1, -0.05) is 23.4 Å². The predicted molar refractivity (Wildman–Crippen MR) is 80.0 cm³/mol. The van der Waals surface area contributed by atoms with Crippen molar-refractivity contribution in [2.45, 2.75) is 20.4 Å². The smallest absolute Gasteiger partial charge is 0.292 e. The molecule has 0 saturated heterocycles. The van der Waals surface area contributed by atoms with Crippen molar-refractivity contribution < 1.29 is 9.32 Å². The zero-order valence-corrected chi connectivity index (χ0v) is 12.1. The van der Waals surface area contributed by atoms with Gasteiger partial charge in [0.1, 0.15) is 0 Å². The van der Waals surface area contributed by atoms with Gasteiger partial charge in [0.15, 0.2) is 0 Å². The Labute approximate surface area is 122 Å². The SMILES string of the molecule is CCN(Cc1c[nH]c2ccccc12)C(=O)c1cc(C)no1. The molecular weight excluding hydrogens is 266 g/mol. The van der Waals surface area contributed by atoms with Crippen molar-refractivity contribution in [3.05, 3.63) is 53.5 Å². The first-order valence-corrected chi connectivity index (χ1v) is 6.96. The number of hydrogen-bond donors (Lipinski definition) is 1. The molecule has 21 heavy (non-hydrogen) atoms. The van der Waals surface area contributed by atoms with E-state index in [1.54, 1.807) is 17.9 Å². The number of amides is 1. The maximum atomic E-state index is 12.4. The molecule has 0 saturated carbocycles. The Kier molecular flexibility index (Phi) is 3.48. The monoisotopic (exact) mass is 283 g/mol. The molecule has 1 aromatic carbocycles. The minimum absolute atomic E-state index is 0.136. The van der Waals surface area contributed by atoms with Gasteiger partial charge in [0.25, 0.3) is 5.91 Å². The highest BCUT2D eigenvalue weighted by Gasteiger charge is 2.19. The minimum Gasteiger partial charge on any atom is -0.361 e. The molecule has 0 radical (unpaired) electrons. The second-order valence-corrected chi connectivity index (χ2v) is 5.01. The van der Waals surface area contributed by atoms with Gasteiger partial charge in [-0.2, -0.15) is 0 Å². The highest BCUT2D eigenvalue weighted by atomic mass is 16.5. The first-order valence-electron chi connectivity index (χ1n) is 6.96. The predicted octanol–water partition coefficient (Wildman–Crippen LogP) is 3.13. The van der Waals surface area contributed by atoms with Crippen molar-refractivity contribution in [1.82, 2.24) is 15.0 Å². The molecule has 0 bridgehead atoms. The number of nitrogens with zero attached hydrogens (tertiary/aromatic N) is 2. The maximum Gasteiger partial charge on any atom is 0.292 e. The zero-order chi connectivity index (χ0) is 14.8. The van der Waals surface area contributed by atoms with Gasteiger partial charge in [-0.3, -0.25) is 4.79 Å². The third-order valence-electron chi connectivity index (χ3n) is 3.54. The molecule has 0 aliphatic carbocycles. The number of para-hydroxylation sites is 1. The second kappa shape index (κ2) is 5.44. The van der Waals surface area contributed by atoms with Crippen LogP contribution in [-0.2, 0) is 6.54 Å². The molecule has 0 fully saturated rings. The minimum atomic E-state index is -0.136. The van der Waals surface area contributed by atoms with Gasteiger partial charge in [-0.05, 0) is 25.5 Å². The van der Waals surface area contributed by atoms with E-state index in [1.807, 2.05) is 31.3 Å². The Morgan fingerprint density at radius 3 is 2.90 bits per heavy atom. The second-order valence-electron chi connectivity index (χ2n) is 5.01. The largest absolute Gasteiger partial charge is 0.361 e. The number of fused-ring (bicyclic) bond motifs is 1. The van der Waals surface area contributed by atoms with Crippen LogP contribution in [-0.4, -0.2) is 27.5 Å². The summed E-state index contributed by atoms with van der Waals surface area (Å²) in [4.78, 5) is 17.4. The van der Waals surface area contributed by atoms with E-state index in [0.717, 1.165) is 16.5 Å². The number of aryl methyl sites for hydroxylation is 1. The molecule has 0 spiro atoms. The molecule has 2 heterocycles. The molecule has 0 unspecified atom stereocenters. The molecule has 108 valence electrons. The summed E-state index contributed by atoms with van der Waals surface area (Å²) in [5, 5.41) is 4.91. The molecule has 3 aromatic rings. The molecule has 1 amide bonds. The van der Waals surface area contributed by atoms with Gasteiger partial charge >= 0.3 is 0 Å². The van der Waals surface area contributed by atoms with Gasteiger partial charge in [-0.15, -0.1) is 0 Å². The van der Waals surface area contributed by atoms with Crippen molar-refractivity contribution in [3.63, 3.8) is 0 Å². The normalized spacial score (nSPS) is 11.0. The average Bonchev–Trinajstić information content (AvgIpc) is 3.11. The zero-order valence-electron chi connectivity index (χ0n) is 12.1. The molecule has 2 aromatic heterocycles. The van der Waals surface area contributed by atoms with Crippen LogP contribution < -0.4 is 0 Å². The summed E-state index contributed by atoms with van der Waals surface area (Å²) in [6, 6.07) is 9.73. The van der Waals surface area contributed by atoms with Crippen molar-refractivity contribution in [3.8, 4) is 0 Å². The van der Waals surface area contributed by atoms with Gasteiger partial charge in [-0.25, -0.2) is 0 Å². The van der Waals surface area contributed by atoms with E-state index < -0.39 is 0 Å². The summed E-state index contributed by atoms with van der Waals surface area (Å²) in [7, 11) is 0. The number of aromatic nitrogens is 2. The van der Waals surface area contributed by atoms with Crippen molar-refractivity contribution in [2.24, 2.45) is 0 Å². The first-order chi connectivity index (χ1) is 10.2. The van der Waals surface area contributed by atoms with Gasteiger partial charge in [0.2, 0.25) is 5.76 Å². The summed E-state index contributed by atoms with van der Waals surface area (Å²) in [5.41, 5.74) is 2.88. The van der Waals surface area contributed by atoms with Crippen molar-refractivity contribution in [2.75, 3.05) is 6.54 Å². The van der Waals surface area contributed by atoms with E-state index >= 15 is 0 Å². The summed E-state index contributed by atoms with van der Waals surface area (Å²) in [6.07, 6.45) is 1.95. The molecular formula is C16H17N3O2. The summed E-state index contributed by atoms with van der Waals surface area (Å²) in [5.74, 6) is 0.151. The van der Waals surface area contributed by atoms with E-state index in [1.165, 1.54) is 0 Å². The first kappa shape index (κ1) is 13.4. The van der Waals surface area contributed by atoms with Crippen LogP contribution >= 0.6 is 0 Å². The van der Waals surface area contributed by atoms with Crippen molar-refractivity contribution >= 4 is 16.8 Å². The van der Waals surface area contributed by atoms with Crippen LogP contribution in [0.1, 0.15) is 28.7 Å². The number of rotatable bonds is 4. The maximum absolute atomic E-state index is 12.4. The van der Waals surface area contributed by atoms with E-state index in [9.17, 15) is 4.79 Å². The lowest BCUT2D eigenvalue weighted by atomic mass is 10.1. The van der Waals surface area contributed by atoms with Crippen LogP contribution in [0, 0.1) is 6.92 Å². The fraction of sp³-hybridized carbons (Fsp3) is 0.250. The molecule has 0 aliphatic heterocycles. The number of hydrogen-bond acceptors (Lipinski definition) is 3. The molecule has 1 N–H and O–H groups in total. The fourth-order valence-electron chi connectivity index (χ4n) is 2.42. The Morgan fingerprint density at radius 2 is 2.19 bits per heavy atom. The van der Waals surface area contributed by atoms with E-state index in [2.05, 4.69) is 16.2 Å². The van der Waals surface area contributed by atoms with Crippen LogP contribution in [0.4, 0.5) is 0 Å². The number of carbonyl (C=O) groups is 1. The van der Waals surface area contributed by atoms with Crippen LogP contribution in [0.2, 0.25) is 0 Å². The van der Waals surface area contributed by atoms with Gasteiger partial charge in [0.05, 0.1) is 5.69 Å². The summed E-state index contributed by atoms with van der Waals surface area (Å²) >= 11 is 0. The van der Waals surface area contributed by atoms with Crippen LogP contribution in [0.3, 0.4) is 0 Å². The quantitative estimate of drug-likeness (QED) is 0.800. The highest BCUT2D eigenvalue weighted by Crippen LogP contribution is 2.20. The standard InChI is InChI=1S/C16H17N3O2/c1-3-19(16(20)15-8-11(2)18-21-15)10-12-9-17-14-7-5-4-6-13(12)14/h4-9,17H,3,10H2,1-2H3. The number of nitrogens with one attached hydrogen (secondary N) is 1. The third kappa shape index (κ3) is 2.54. The Bertz CT molecular complexity index is 773. The van der Waals surface area contributed by atoms with E-state index in [0.29, 0.717) is 18.8 Å². The molecule has 5 nitrogen and oxygen atoms in total. The molecule has 5 heteroatoms. The summed E-state index contributed by atoms with van der Waals surface area (Å²) in [6.45, 7) is 4.91. The van der Waals surface area contributed by atoms with Crippen LogP contribution in [0.5, 0.6) is 0 Å². The van der Waals surface area contributed by atoms with Crippen LogP contribution in [0.15, 0.2) is 41.1 Å². The number of benzene rings is 1. The molecule has 0 aliphatic rings. The molecule has 3 rings (SSSR count). The van der Waals surface area contributed by atoms with E-state index in [-0.39, 0.29) is 11.7 Å². The Morgan fingerprint density at radius 1 is 1.38 bits per heavy atom. The topological polar surface area (TPSA) is 62.1 Å². The summed E-state index contributed by atoms with van der Waals surface area (Å²) < 4.78 is 5.07. The van der Waals surface area contributed by atoms with Gasteiger partial charge in [0, 0.05) is 36.3 Å². The van der Waals surface area contributed by atoms with Gasteiger partial charge < -0.3 is 14.4 Å². The third-order valence-corrected chi connectivity index (χ3v) is 3.54. The number of H-pyrrole nitrogens is 1. The number of carbonyl (C=O) groups excluding carboxylic acids is 1. The Hall–Kier alpha value is -2.56. The number of aromatic amines is 1. The lowest BCUT2D eigenvalue weighted by Crippen LogP contribution is -2.29. The lowest BCUT2D eigenvalue weighted by molar-refractivity contribution is 0.0711. The Balaban J connectivity index is 1.86. The van der Waals surface area contributed by atoms with E-state index in [4.69, 9.17) is 4.52 Å². The highest BCUT2D eigenvalue weighted by molar-refractivity contribution is 5.92. The fourth-order valence-corrected chi connectivity index (χ4v) is 2.42. The van der Waals surface area contributed by atoms with Crippen molar-refractivity contribution in [1.29, 1.82) is 0 Å². The van der Waals surface area contributed by atoms with Crippen LogP contribution in [0.25, 0.3) is 10.9 Å². The lowest BCUT2D eigenvalue weighted by Gasteiger charge is -2.18. The molecule has 0 atom stereocenters. The average molecular weight is 283 g/mol.